The Morgan fingerprint density at radius 2 is 2.05 bits per heavy atom. The smallest absolute Gasteiger partial charge is 0.338 e. The average Bonchev–Trinajstić information content (AvgIpc) is 3.65. The van der Waals surface area contributed by atoms with Gasteiger partial charge in [-0.1, -0.05) is 29.8 Å². The number of halogens is 2. The molecule has 2 N–H and O–H groups in total. The van der Waals surface area contributed by atoms with Gasteiger partial charge in [0, 0.05) is 66.3 Å². The molecule has 2 atom stereocenters. The number of amidine groups is 1. The fourth-order valence-electron chi connectivity index (χ4n) is 5.83. The van der Waals surface area contributed by atoms with Crippen LogP contribution in [0.5, 0.6) is 0 Å². The van der Waals surface area contributed by atoms with Gasteiger partial charge in [0.25, 0.3) is 0 Å². The third-order valence-electron chi connectivity index (χ3n) is 7.82. The molecule has 2 amide bonds. The van der Waals surface area contributed by atoms with Crippen molar-refractivity contribution in [2.24, 2.45) is 4.99 Å². The van der Waals surface area contributed by atoms with Crippen molar-refractivity contribution in [3.63, 3.8) is 0 Å². The number of ether oxygens (including phenoxy) is 1. The van der Waals surface area contributed by atoms with E-state index in [4.69, 9.17) is 21.3 Å². The van der Waals surface area contributed by atoms with E-state index in [9.17, 15) is 23.9 Å². The normalized spacial score (nSPS) is 20.3. The van der Waals surface area contributed by atoms with Crippen LogP contribution in [0.1, 0.15) is 22.2 Å². The second kappa shape index (κ2) is 12.3. The summed E-state index contributed by atoms with van der Waals surface area (Å²) in [5.74, 6) is -1.59. The number of nitrogens with zero attached hydrogens (tertiary/aromatic N) is 5. The largest absolute Gasteiger partial charge is 0.481 e. The fourth-order valence-corrected chi connectivity index (χ4v) is 6.69. The highest BCUT2D eigenvalue weighted by Crippen LogP contribution is 2.37. The van der Waals surface area contributed by atoms with Crippen molar-refractivity contribution >= 4 is 52.4 Å². The van der Waals surface area contributed by atoms with E-state index in [1.165, 1.54) is 36.6 Å². The molecule has 0 spiro atoms. The number of amides is 2. The van der Waals surface area contributed by atoms with Crippen molar-refractivity contribution in [3.8, 4) is 0 Å². The summed E-state index contributed by atoms with van der Waals surface area (Å²) in [6, 6.07) is 9.88. The summed E-state index contributed by atoms with van der Waals surface area (Å²) in [5, 5.41) is 15.1. The van der Waals surface area contributed by atoms with Crippen LogP contribution >= 0.6 is 22.9 Å². The number of benzene rings is 2. The number of carbonyl (C=O) groups excluding carboxylic acids is 2. The SMILES string of the molecule is COC(=O)C1=C(CN2CCN3C(=O)N(c4cccc(CC(=O)O)c4)C[C@@H]3C2)NC(c2nccs2)=N[C@H]1c1ccc(F)cc1Cl. The van der Waals surface area contributed by atoms with Crippen LogP contribution in [0.25, 0.3) is 0 Å². The molecule has 3 aromatic rings. The van der Waals surface area contributed by atoms with Crippen molar-refractivity contribution < 1.29 is 28.6 Å². The molecule has 3 aliphatic rings. The van der Waals surface area contributed by atoms with Gasteiger partial charge in [-0.2, -0.15) is 0 Å². The summed E-state index contributed by atoms with van der Waals surface area (Å²) in [5.41, 5.74) is 2.53. The summed E-state index contributed by atoms with van der Waals surface area (Å²) < 4.78 is 19.1. The quantitative estimate of drug-likeness (QED) is 0.358. The molecule has 228 valence electrons. The maximum absolute atomic E-state index is 14.0. The van der Waals surface area contributed by atoms with Gasteiger partial charge < -0.3 is 20.1 Å². The molecule has 14 heteroatoms. The molecule has 2 aromatic carbocycles. The molecule has 6 rings (SSSR count). The highest BCUT2D eigenvalue weighted by molar-refractivity contribution is 7.11. The molecule has 0 radical (unpaired) electrons. The number of aromatic nitrogens is 1. The first-order valence-corrected chi connectivity index (χ1v) is 15.1. The van der Waals surface area contributed by atoms with Crippen molar-refractivity contribution in [2.45, 2.75) is 18.5 Å². The number of anilines is 1. The predicted octanol–water partition coefficient (Wildman–Crippen LogP) is 3.71. The maximum atomic E-state index is 14.0. The van der Waals surface area contributed by atoms with Gasteiger partial charge in [-0.25, -0.2) is 19.0 Å². The molecule has 4 heterocycles. The second-order valence-corrected chi connectivity index (χ2v) is 11.9. The zero-order chi connectivity index (χ0) is 31.0. The Morgan fingerprint density at radius 3 is 2.77 bits per heavy atom. The minimum atomic E-state index is -0.938. The minimum absolute atomic E-state index is 0.125. The summed E-state index contributed by atoms with van der Waals surface area (Å²) in [6.45, 7) is 2.29. The number of fused-ring (bicyclic) bond motifs is 1. The molecule has 2 saturated heterocycles. The van der Waals surface area contributed by atoms with Crippen LogP contribution in [0.15, 0.2) is 70.3 Å². The number of rotatable bonds is 8. The number of carbonyl (C=O) groups is 3. The number of esters is 1. The number of thiazole rings is 1. The third-order valence-corrected chi connectivity index (χ3v) is 8.93. The Morgan fingerprint density at radius 1 is 1.20 bits per heavy atom. The topological polar surface area (TPSA) is 128 Å². The van der Waals surface area contributed by atoms with E-state index in [0.29, 0.717) is 66.1 Å². The van der Waals surface area contributed by atoms with Crippen molar-refractivity contribution in [1.29, 1.82) is 0 Å². The van der Waals surface area contributed by atoms with Crippen molar-refractivity contribution in [3.05, 3.63) is 92.3 Å². The van der Waals surface area contributed by atoms with Crippen LogP contribution in [-0.4, -0.2) is 89.6 Å². The molecule has 2 fully saturated rings. The Balaban J connectivity index is 1.28. The summed E-state index contributed by atoms with van der Waals surface area (Å²) in [6.07, 6.45) is 1.53. The molecule has 0 unspecified atom stereocenters. The fraction of sp³-hybridized carbons (Fsp3) is 0.300. The lowest BCUT2D eigenvalue weighted by atomic mass is 9.95. The second-order valence-electron chi connectivity index (χ2n) is 10.6. The zero-order valence-electron chi connectivity index (χ0n) is 23.6. The van der Waals surface area contributed by atoms with Gasteiger partial charge in [0.2, 0.25) is 0 Å². The van der Waals surface area contributed by atoms with Gasteiger partial charge in [0.05, 0.1) is 25.1 Å². The molecule has 11 nitrogen and oxygen atoms in total. The lowest BCUT2D eigenvalue weighted by molar-refractivity contribution is -0.137. The number of carboxylic acid groups (broad SMARTS) is 1. The van der Waals surface area contributed by atoms with E-state index in [1.54, 1.807) is 35.4 Å². The molecular formula is C30H28ClFN6O5S. The molecular weight excluding hydrogens is 611 g/mol. The van der Waals surface area contributed by atoms with Crippen LogP contribution in [0.3, 0.4) is 0 Å². The molecule has 0 aliphatic carbocycles. The lowest BCUT2D eigenvalue weighted by Gasteiger charge is -2.38. The molecule has 0 bridgehead atoms. The summed E-state index contributed by atoms with van der Waals surface area (Å²) in [4.78, 5) is 52.6. The monoisotopic (exact) mass is 638 g/mol. The van der Waals surface area contributed by atoms with Crippen LogP contribution in [0, 0.1) is 5.82 Å². The first-order valence-electron chi connectivity index (χ1n) is 13.8. The van der Waals surface area contributed by atoms with Gasteiger partial charge >= 0.3 is 18.0 Å². The first-order chi connectivity index (χ1) is 21.2. The van der Waals surface area contributed by atoms with Crippen LogP contribution in [0.2, 0.25) is 5.02 Å². The number of aliphatic carboxylic acids is 1. The van der Waals surface area contributed by atoms with E-state index >= 15 is 0 Å². The van der Waals surface area contributed by atoms with E-state index in [2.05, 4.69) is 15.2 Å². The summed E-state index contributed by atoms with van der Waals surface area (Å²) >= 11 is 7.84. The van der Waals surface area contributed by atoms with E-state index in [-0.39, 0.29) is 29.1 Å². The highest BCUT2D eigenvalue weighted by Gasteiger charge is 2.42. The number of hydrogen-bond donors (Lipinski definition) is 2. The Bertz CT molecular complexity index is 1680. The standard InChI is InChI=1S/C30H28ClFN6O5S/c1-43-29(41)25-23(34-27(28-33-7-10-44-28)35-26(25)21-6-5-18(32)13-22(21)31)16-36-8-9-37-20(14-36)15-38(30(37)42)19-4-2-3-17(11-19)12-24(39)40/h2-7,10-11,13,20,26H,8-9,12,14-16H2,1H3,(H,34,35)(H,39,40)/t20-,26-/m0/s1. The summed E-state index contributed by atoms with van der Waals surface area (Å²) in [7, 11) is 1.29. The molecule has 0 saturated carbocycles. The number of nitrogens with one attached hydrogen (secondary N) is 1. The van der Waals surface area contributed by atoms with Gasteiger partial charge in [-0.3, -0.25) is 19.6 Å². The number of urea groups is 1. The Labute approximate surface area is 261 Å². The van der Waals surface area contributed by atoms with E-state index < -0.39 is 23.8 Å². The van der Waals surface area contributed by atoms with Crippen molar-refractivity contribution in [1.82, 2.24) is 20.1 Å². The third kappa shape index (κ3) is 5.90. The lowest BCUT2D eigenvalue weighted by Crippen LogP contribution is -2.53. The van der Waals surface area contributed by atoms with Gasteiger partial charge in [0.15, 0.2) is 10.8 Å². The number of hydrogen-bond acceptors (Lipinski definition) is 9. The molecule has 3 aliphatic heterocycles. The number of methoxy groups -OCH3 is 1. The predicted molar refractivity (Wildman–Crippen MR) is 162 cm³/mol. The molecule has 1 aromatic heterocycles. The van der Waals surface area contributed by atoms with E-state index in [1.807, 2.05) is 10.3 Å². The van der Waals surface area contributed by atoms with Crippen molar-refractivity contribution in [2.75, 3.05) is 44.7 Å². The molecule has 44 heavy (non-hydrogen) atoms. The van der Waals surface area contributed by atoms with Gasteiger partial charge in [-0.15, -0.1) is 11.3 Å². The van der Waals surface area contributed by atoms with Crippen LogP contribution in [-0.2, 0) is 20.7 Å². The van der Waals surface area contributed by atoms with Crippen LogP contribution < -0.4 is 10.2 Å². The van der Waals surface area contributed by atoms with Crippen LogP contribution in [0.4, 0.5) is 14.9 Å². The maximum Gasteiger partial charge on any atom is 0.338 e. The Hall–Kier alpha value is -4.33. The van der Waals surface area contributed by atoms with E-state index in [0.717, 1.165) is 0 Å². The highest BCUT2D eigenvalue weighted by atomic mass is 35.5. The van der Waals surface area contributed by atoms with Gasteiger partial charge in [-0.05, 0) is 29.8 Å². The average molecular weight is 639 g/mol. The zero-order valence-corrected chi connectivity index (χ0v) is 25.1. The number of aliphatic imine (C=N–C) groups is 1. The van der Waals surface area contributed by atoms with Gasteiger partial charge in [0.1, 0.15) is 11.9 Å². The number of carboxylic acids is 1. The Kier molecular flexibility index (Phi) is 8.34. The minimum Gasteiger partial charge on any atom is -0.481 e. The number of piperazine rings is 1. The first kappa shape index (κ1) is 29.7.